The lowest BCUT2D eigenvalue weighted by Crippen LogP contribution is -2.28. The van der Waals surface area contributed by atoms with Gasteiger partial charge in [0.05, 0.1) is 30.8 Å². The van der Waals surface area contributed by atoms with Crippen LogP contribution in [0.4, 0.5) is 0 Å². The number of carbonyl (C=O) groups is 3. The Balaban J connectivity index is 2.71. The van der Waals surface area contributed by atoms with Crippen LogP contribution in [-0.2, 0) is 27.1 Å². The summed E-state index contributed by atoms with van der Waals surface area (Å²) in [5.74, 6) is -1.88. The van der Waals surface area contributed by atoms with Crippen molar-refractivity contribution in [2.75, 3.05) is 13.2 Å². The van der Waals surface area contributed by atoms with Gasteiger partial charge in [0.1, 0.15) is 0 Å². The molecule has 0 saturated heterocycles. The van der Waals surface area contributed by atoms with Gasteiger partial charge in [-0.1, -0.05) is 30.3 Å². The van der Waals surface area contributed by atoms with Crippen molar-refractivity contribution in [2.45, 2.75) is 33.6 Å². The van der Waals surface area contributed by atoms with Gasteiger partial charge in [0.15, 0.2) is 5.78 Å². The van der Waals surface area contributed by atoms with E-state index in [4.69, 9.17) is 9.47 Å². The topological polar surface area (TPSA) is 103 Å². The number of benzene rings is 1. The van der Waals surface area contributed by atoms with E-state index in [-0.39, 0.29) is 42.7 Å². The molecule has 1 aromatic heterocycles. The minimum absolute atomic E-state index is 0.0311. The highest BCUT2D eigenvalue weighted by atomic mass is 16.5. The molecule has 0 aliphatic heterocycles. The smallest absolute Gasteiger partial charge is 0.340 e. The van der Waals surface area contributed by atoms with Gasteiger partial charge in [-0.3, -0.25) is 14.4 Å². The average Bonchev–Trinajstić information content (AvgIpc) is 2.62. The van der Waals surface area contributed by atoms with E-state index < -0.39 is 23.3 Å². The van der Waals surface area contributed by atoms with E-state index in [9.17, 15) is 19.2 Å². The van der Waals surface area contributed by atoms with Crippen LogP contribution in [0.15, 0.2) is 35.1 Å². The number of carbonyl (C=O) groups excluding carboxylic acids is 3. The maximum atomic E-state index is 12.7. The molecule has 7 nitrogen and oxygen atoms in total. The molecule has 0 saturated carbocycles. The van der Waals surface area contributed by atoms with Gasteiger partial charge < -0.3 is 14.5 Å². The largest absolute Gasteiger partial charge is 0.466 e. The van der Waals surface area contributed by atoms with Gasteiger partial charge in [0, 0.05) is 12.1 Å². The number of Topliss-reactive ketones (excluding diaryl/α,β-unsaturated/α-hetero) is 1. The minimum atomic E-state index is -0.702. The maximum Gasteiger partial charge on any atom is 0.340 e. The maximum absolute atomic E-state index is 12.7. The molecule has 2 rings (SSSR count). The van der Waals surface area contributed by atoms with Crippen LogP contribution in [0, 0.1) is 0 Å². The Morgan fingerprint density at radius 1 is 0.964 bits per heavy atom. The number of pyridine rings is 1. The second kappa shape index (κ2) is 9.64. The van der Waals surface area contributed by atoms with Gasteiger partial charge in [-0.25, -0.2) is 4.79 Å². The van der Waals surface area contributed by atoms with Gasteiger partial charge in [0.2, 0.25) is 0 Å². The predicted octanol–water partition coefficient (Wildman–Crippen LogP) is 2.45. The molecular weight excluding hydrogens is 362 g/mol. The zero-order valence-electron chi connectivity index (χ0n) is 16.2. The van der Waals surface area contributed by atoms with E-state index >= 15 is 0 Å². The Hall–Kier alpha value is -3.22. The van der Waals surface area contributed by atoms with Crippen molar-refractivity contribution in [2.24, 2.45) is 0 Å². The lowest BCUT2D eigenvalue weighted by molar-refractivity contribution is -0.142. The number of aromatic amines is 1. The standard InChI is InChI=1S/C21H23NO6/c1-4-27-17(24)12-15-18(13(3)23)20(25)22-16(19(15)21(26)28-5-2)11-14-9-7-6-8-10-14/h6-10H,4-5,11-12H2,1-3H3,(H,22,25). The fraction of sp³-hybridized carbons (Fsp3) is 0.333. The van der Waals surface area contributed by atoms with E-state index in [1.54, 1.807) is 13.8 Å². The first-order valence-electron chi connectivity index (χ1n) is 9.04. The molecule has 2 aromatic rings. The van der Waals surface area contributed by atoms with Crippen LogP contribution in [0.1, 0.15) is 58.3 Å². The quantitative estimate of drug-likeness (QED) is 0.553. The van der Waals surface area contributed by atoms with Crippen LogP contribution in [0.3, 0.4) is 0 Å². The van der Waals surface area contributed by atoms with Gasteiger partial charge in [-0.05, 0) is 31.9 Å². The third kappa shape index (κ3) is 4.94. The number of esters is 2. The summed E-state index contributed by atoms with van der Waals surface area (Å²) < 4.78 is 10.1. The summed E-state index contributed by atoms with van der Waals surface area (Å²) in [5.41, 5.74) is 0.335. The minimum Gasteiger partial charge on any atom is -0.466 e. The summed E-state index contributed by atoms with van der Waals surface area (Å²) in [6.07, 6.45) is -0.138. The van der Waals surface area contributed by atoms with E-state index in [0.717, 1.165) is 5.56 Å². The second-order valence-electron chi connectivity index (χ2n) is 6.08. The van der Waals surface area contributed by atoms with Crippen LogP contribution in [0.5, 0.6) is 0 Å². The summed E-state index contributed by atoms with van der Waals surface area (Å²) >= 11 is 0. The molecule has 0 spiro atoms. The summed E-state index contributed by atoms with van der Waals surface area (Å²) in [4.78, 5) is 52.1. The van der Waals surface area contributed by atoms with Gasteiger partial charge in [-0.2, -0.15) is 0 Å². The fourth-order valence-corrected chi connectivity index (χ4v) is 2.99. The number of hydrogen-bond acceptors (Lipinski definition) is 6. The van der Waals surface area contributed by atoms with E-state index in [2.05, 4.69) is 4.98 Å². The molecule has 0 radical (unpaired) electrons. The van der Waals surface area contributed by atoms with Crippen molar-refractivity contribution in [3.8, 4) is 0 Å². The zero-order chi connectivity index (χ0) is 20.7. The molecule has 1 N–H and O–H groups in total. The highest BCUT2D eigenvalue weighted by Crippen LogP contribution is 2.21. The Kier molecular flexibility index (Phi) is 7.26. The average molecular weight is 385 g/mol. The van der Waals surface area contributed by atoms with Crippen molar-refractivity contribution in [1.82, 2.24) is 4.98 Å². The first kappa shape index (κ1) is 21.1. The Morgan fingerprint density at radius 3 is 2.18 bits per heavy atom. The normalized spacial score (nSPS) is 10.4. The predicted molar refractivity (Wildman–Crippen MR) is 103 cm³/mol. The SMILES string of the molecule is CCOC(=O)Cc1c(C(=O)OCC)c(Cc2ccccc2)[nH]c(=O)c1C(C)=O. The number of nitrogens with one attached hydrogen (secondary N) is 1. The number of H-pyrrole nitrogens is 1. The van der Waals surface area contributed by atoms with Crippen LogP contribution in [0.2, 0.25) is 0 Å². The number of ketones is 1. The van der Waals surface area contributed by atoms with E-state index in [0.29, 0.717) is 5.69 Å². The molecule has 0 amide bonds. The van der Waals surface area contributed by atoms with Crippen molar-refractivity contribution in [3.63, 3.8) is 0 Å². The first-order valence-corrected chi connectivity index (χ1v) is 9.04. The Bertz CT molecular complexity index is 930. The molecule has 7 heteroatoms. The number of ether oxygens (including phenoxy) is 2. The molecular formula is C21H23NO6. The zero-order valence-corrected chi connectivity index (χ0v) is 16.2. The number of rotatable bonds is 8. The first-order chi connectivity index (χ1) is 13.4. The molecule has 0 aliphatic rings. The van der Waals surface area contributed by atoms with Crippen molar-refractivity contribution < 1.29 is 23.9 Å². The van der Waals surface area contributed by atoms with Crippen LogP contribution < -0.4 is 5.56 Å². The molecule has 1 aromatic carbocycles. The Morgan fingerprint density at radius 2 is 1.61 bits per heavy atom. The van der Waals surface area contributed by atoms with Crippen LogP contribution in [0.25, 0.3) is 0 Å². The van der Waals surface area contributed by atoms with E-state index in [1.165, 1.54) is 6.92 Å². The van der Waals surface area contributed by atoms with Crippen molar-refractivity contribution in [1.29, 1.82) is 0 Å². The molecule has 0 fully saturated rings. The highest BCUT2D eigenvalue weighted by molar-refractivity contribution is 6.02. The molecule has 1 heterocycles. The van der Waals surface area contributed by atoms with Crippen LogP contribution in [-0.4, -0.2) is 35.9 Å². The molecule has 0 aliphatic carbocycles. The number of hydrogen-bond donors (Lipinski definition) is 1. The van der Waals surface area contributed by atoms with Gasteiger partial charge >= 0.3 is 11.9 Å². The molecule has 0 bridgehead atoms. The third-order valence-electron chi connectivity index (χ3n) is 4.08. The monoisotopic (exact) mass is 385 g/mol. The molecule has 148 valence electrons. The Labute approximate surface area is 162 Å². The summed E-state index contributed by atoms with van der Waals surface area (Å²) in [6, 6.07) is 9.21. The van der Waals surface area contributed by atoms with Crippen molar-refractivity contribution >= 4 is 17.7 Å². The molecule has 0 unspecified atom stereocenters. The lowest BCUT2D eigenvalue weighted by atomic mass is 9.93. The van der Waals surface area contributed by atoms with Crippen molar-refractivity contribution in [3.05, 3.63) is 68.6 Å². The van der Waals surface area contributed by atoms with Gasteiger partial charge in [0.25, 0.3) is 5.56 Å². The van der Waals surface area contributed by atoms with E-state index in [1.807, 2.05) is 30.3 Å². The van der Waals surface area contributed by atoms with Crippen LogP contribution >= 0.6 is 0 Å². The fourth-order valence-electron chi connectivity index (χ4n) is 2.99. The highest BCUT2D eigenvalue weighted by Gasteiger charge is 2.27. The molecule has 28 heavy (non-hydrogen) atoms. The third-order valence-corrected chi connectivity index (χ3v) is 4.08. The summed E-state index contributed by atoms with van der Waals surface area (Å²) in [7, 11) is 0. The summed E-state index contributed by atoms with van der Waals surface area (Å²) in [6.45, 7) is 4.76. The number of aromatic nitrogens is 1. The lowest BCUT2D eigenvalue weighted by Gasteiger charge is -2.16. The second-order valence-corrected chi connectivity index (χ2v) is 6.08. The molecule has 0 atom stereocenters. The summed E-state index contributed by atoms with van der Waals surface area (Å²) in [5, 5.41) is 0. The van der Waals surface area contributed by atoms with Gasteiger partial charge in [-0.15, -0.1) is 0 Å².